The molecule has 1 aliphatic heterocycles. The fourth-order valence-electron chi connectivity index (χ4n) is 3.60. The number of carbonyl (C=O) groups is 1. The molecule has 0 aliphatic carbocycles. The lowest BCUT2D eigenvalue weighted by Gasteiger charge is -2.34. The average Bonchev–Trinajstić information content (AvgIpc) is 2.66. The van der Waals surface area contributed by atoms with Gasteiger partial charge in [0.2, 0.25) is 11.9 Å². The number of benzene rings is 2. The van der Waals surface area contributed by atoms with Crippen LogP contribution in [-0.2, 0) is 11.2 Å². The lowest BCUT2D eigenvalue weighted by Crippen LogP contribution is -2.50. The smallest absolute Gasteiger partial charge is 0.237 e. The molecule has 1 fully saturated rings. The second kappa shape index (κ2) is 8.41. The molecular formula is C20H19F3N2O3. The average molecular weight is 392 g/mol. The third-order valence-electron chi connectivity index (χ3n) is 5.07. The van der Waals surface area contributed by atoms with Gasteiger partial charge in [-0.25, -0.2) is 13.2 Å². The van der Waals surface area contributed by atoms with E-state index in [1.165, 1.54) is 4.90 Å². The highest BCUT2D eigenvalue weighted by Gasteiger charge is 2.43. The van der Waals surface area contributed by atoms with E-state index in [0.717, 1.165) is 12.0 Å². The molecule has 5 nitrogen and oxygen atoms in total. The molecule has 1 heterocycles. The fourth-order valence-corrected chi connectivity index (χ4v) is 3.60. The minimum absolute atomic E-state index is 0.191. The van der Waals surface area contributed by atoms with Crippen LogP contribution in [0.1, 0.15) is 29.9 Å². The second-order valence-electron chi connectivity index (χ2n) is 6.88. The van der Waals surface area contributed by atoms with Crippen LogP contribution < -0.4 is 0 Å². The summed E-state index contributed by atoms with van der Waals surface area (Å²) < 4.78 is 40.8. The van der Waals surface area contributed by atoms with Crippen molar-refractivity contribution in [3.8, 4) is 0 Å². The van der Waals surface area contributed by atoms with Gasteiger partial charge in [0.1, 0.15) is 5.82 Å². The van der Waals surface area contributed by atoms with E-state index in [0.29, 0.717) is 25.1 Å². The van der Waals surface area contributed by atoms with E-state index in [2.05, 4.69) is 0 Å². The van der Waals surface area contributed by atoms with E-state index in [1.807, 2.05) is 30.3 Å². The summed E-state index contributed by atoms with van der Waals surface area (Å²) >= 11 is 0. The normalized spacial score (nSPS) is 19.7. The Hall–Kier alpha value is -2.90. The Balaban J connectivity index is 1.72. The summed E-state index contributed by atoms with van der Waals surface area (Å²) in [5.41, 5.74) is 0.761. The van der Waals surface area contributed by atoms with E-state index >= 15 is 0 Å². The molecule has 0 N–H and O–H groups in total. The number of likely N-dealkylation sites (tertiary alicyclic amines) is 1. The number of amides is 1. The molecule has 2 aromatic rings. The monoisotopic (exact) mass is 392 g/mol. The Morgan fingerprint density at radius 3 is 2.43 bits per heavy atom. The first kappa shape index (κ1) is 19.9. The van der Waals surface area contributed by atoms with Crippen molar-refractivity contribution in [1.29, 1.82) is 0 Å². The molecule has 0 saturated carbocycles. The number of hydrogen-bond donors (Lipinski definition) is 0. The molecule has 8 heteroatoms. The van der Waals surface area contributed by atoms with Gasteiger partial charge in [-0.15, -0.1) is 0 Å². The predicted octanol–water partition coefficient (Wildman–Crippen LogP) is 3.70. The molecule has 1 amide bonds. The van der Waals surface area contributed by atoms with Gasteiger partial charge >= 0.3 is 0 Å². The molecular weight excluding hydrogens is 373 g/mol. The van der Waals surface area contributed by atoms with Crippen molar-refractivity contribution in [3.63, 3.8) is 0 Å². The standard InChI is InChI=1S/C20H19F3N2O3/c21-16-11-18(23)17(22)9-14(16)15-10-20(26)24(12-19(15)25(27)28)8-4-7-13-5-2-1-3-6-13/h1-3,5-6,9,11,15,19H,4,7-8,10,12H2/t15-,19+/m1/s1. The van der Waals surface area contributed by atoms with Crippen molar-refractivity contribution in [1.82, 2.24) is 4.90 Å². The van der Waals surface area contributed by atoms with Gasteiger partial charge in [0.05, 0.1) is 12.5 Å². The summed E-state index contributed by atoms with van der Waals surface area (Å²) in [7, 11) is 0. The first-order chi connectivity index (χ1) is 13.4. The van der Waals surface area contributed by atoms with Crippen molar-refractivity contribution < 1.29 is 22.9 Å². The molecule has 0 aromatic heterocycles. The van der Waals surface area contributed by atoms with Gasteiger partial charge in [-0.2, -0.15) is 0 Å². The van der Waals surface area contributed by atoms with E-state index in [4.69, 9.17) is 0 Å². The maximum absolute atomic E-state index is 14.1. The molecule has 0 spiro atoms. The van der Waals surface area contributed by atoms with Crippen LogP contribution in [0.15, 0.2) is 42.5 Å². The number of nitro groups is 1. The van der Waals surface area contributed by atoms with Crippen molar-refractivity contribution in [2.75, 3.05) is 13.1 Å². The summed E-state index contributed by atoms with van der Waals surface area (Å²) in [6, 6.07) is 9.32. The van der Waals surface area contributed by atoms with Crippen LogP contribution in [0.4, 0.5) is 13.2 Å². The highest BCUT2D eigenvalue weighted by molar-refractivity contribution is 5.78. The van der Waals surface area contributed by atoms with Gasteiger partial charge < -0.3 is 4.90 Å². The van der Waals surface area contributed by atoms with Crippen LogP contribution in [0.2, 0.25) is 0 Å². The largest absolute Gasteiger partial charge is 0.336 e. The minimum atomic E-state index is -1.37. The third kappa shape index (κ3) is 4.32. The van der Waals surface area contributed by atoms with Gasteiger partial charge in [0.25, 0.3) is 0 Å². The Morgan fingerprint density at radius 2 is 1.75 bits per heavy atom. The SMILES string of the molecule is O=C1C[C@H](c2cc(F)c(F)cc2F)[C@@H]([N+](=O)[O-])CN1CCCc1ccccc1. The number of piperidine rings is 1. The van der Waals surface area contributed by atoms with Crippen LogP contribution in [-0.4, -0.2) is 34.9 Å². The summed E-state index contributed by atoms with van der Waals surface area (Å²) in [4.78, 5) is 24.8. The summed E-state index contributed by atoms with van der Waals surface area (Å²) in [6.07, 6.45) is 1.03. The Morgan fingerprint density at radius 1 is 1.07 bits per heavy atom. The van der Waals surface area contributed by atoms with E-state index in [9.17, 15) is 28.1 Å². The number of carbonyl (C=O) groups excluding carboxylic acids is 1. The molecule has 0 unspecified atom stereocenters. The molecule has 2 aromatic carbocycles. The maximum atomic E-state index is 14.1. The number of nitrogens with zero attached hydrogens (tertiary/aromatic N) is 2. The second-order valence-corrected chi connectivity index (χ2v) is 6.88. The van der Waals surface area contributed by atoms with Gasteiger partial charge in [-0.3, -0.25) is 14.9 Å². The van der Waals surface area contributed by atoms with Gasteiger partial charge in [0, 0.05) is 29.5 Å². The van der Waals surface area contributed by atoms with E-state index in [-0.39, 0.29) is 24.4 Å². The zero-order valence-electron chi connectivity index (χ0n) is 15.0. The van der Waals surface area contributed by atoms with Crippen LogP contribution in [0.3, 0.4) is 0 Å². The summed E-state index contributed by atoms with van der Waals surface area (Å²) in [5, 5.41) is 11.5. The van der Waals surface area contributed by atoms with Gasteiger partial charge in [-0.1, -0.05) is 30.3 Å². The molecule has 1 aliphatic rings. The molecule has 2 atom stereocenters. The first-order valence-corrected chi connectivity index (χ1v) is 8.96. The van der Waals surface area contributed by atoms with E-state index in [1.54, 1.807) is 0 Å². The molecule has 148 valence electrons. The van der Waals surface area contributed by atoms with Crippen LogP contribution in [0.5, 0.6) is 0 Å². The molecule has 0 radical (unpaired) electrons. The maximum Gasteiger partial charge on any atom is 0.237 e. The first-order valence-electron chi connectivity index (χ1n) is 8.96. The topological polar surface area (TPSA) is 63.4 Å². The molecule has 3 rings (SSSR count). The lowest BCUT2D eigenvalue weighted by atomic mass is 9.84. The van der Waals surface area contributed by atoms with Gasteiger partial charge in [0.15, 0.2) is 11.6 Å². The number of rotatable bonds is 6. The Labute approximate surface area is 159 Å². The quantitative estimate of drug-likeness (QED) is 0.428. The Kier molecular flexibility index (Phi) is 5.96. The fraction of sp³-hybridized carbons (Fsp3) is 0.350. The zero-order chi connectivity index (χ0) is 20.3. The summed E-state index contributed by atoms with van der Waals surface area (Å²) in [5.74, 6) is -5.25. The summed E-state index contributed by atoms with van der Waals surface area (Å²) in [6.45, 7) is 0.148. The highest BCUT2D eigenvalue weighted by atomic mass is 19.2. The third-order valence-corrected chi connectivity index (χ3v) is 5.07. The van der Waals surface area contributed by atoms with E-state index < -0.39 is 34.3 Å². The predicted molar refractivity (Wildman–Crippen MR) is 95.8 cm³/mol. The number of halogens is 3. The van der Waals surface area contributed by atoms with Crippen LogP contribution in [0, 0.1) is 27.6 Å². The van der Waals surface area contributed by atoms with Crippen LogP contribution >= 0.6 is 0 Å². The van der Waals surface area contributed by atoms with Crippen molar-refractivity contribution in [2.24, 2.45) is 0 Å². The zero-order valence-corrected chi connectivity index (χ0v) is 15.0. The van der Waals surface area contributed by atoms with Crippen molar-refractivity contribution in [3.05, 3.63) is 81.2 Å². The van der Waals surface area contributed by atoms with Crippen molar-refractivity contribution >= 4 is 5.91 Å². The Bertz CT molecular complexity index is 876. The van der Waals surface area contributed by atoms with Gasteiger partial charge in [-0.05, 0) is 24.5 Å². The molecule has 28 heavy (non-hydrogen) atoms. The lowest BCUT2D eigenvalue weighted by molar-refractivity contribution is -0.528. The number of aryl methyl sites for hydroxylation is 1. The molecule has 0 bridgehead atoms. The van der Waals surface area contributed by atoms with Crippen LogP contribution in [0.25, 0.3) is 0 Å². The highest BCUT2D eigenvalue weighted by Crippen LogP contribution is 2.33. The number of hydrogen-bond acceptors (Lipinski definition) is 3. The molecule has 1 saturated heterocycles. The minimum Gasteiger partial charge on any atom is -0.336 e. The van der Waals surface area contributed by atoms with Crippen molar-refractivity contribution in [2.45, 2.75) is 31.2 Å².